The number of likely N-dealkylation sites (tertiary alicyclic amines) is 1. The zero-order valence-electron chi connectivity index (χ0n) is 14.9. The Morgan fingerprint density at radius 3 is 2.84 bits per heavy atom. The summed E-state index contributed by atoms with van der Waals surface area (Å²) in [6, 6.07) is 8.01. The molecular formula is C20H28N2O3. The molecule has 1 amide bonds. The minimum Gasteiger partial charge on any atom is -0.392 e. The Morgan fingerprint density at radius 1 is 1.36 bits per heavy atom. The number of carbonyl (C=O) groups excluding carboxylic acids is 1. The van der Waals surface area contributed by atoms with Gasteiger partial charge in [-0.15, -0.1) is 0 Å². The van der Waals surface area contributed by atoms with E-state index >= 15 is 0 Å². The van der Waals surface area contributed by atoms with Crippen LogP contribution in [0.5, 0.6) is 0 Å². The average Bonchev–Trinajstić information content (AvgIpc) is 2.67. The van der Waals surface area contributed by atoms with Gasteiger partial charge in [0, 0.05) is 38.1 Å². The van der Waals surface area contributed by atoms with Gasteiger partial charge < -0.3 is 20.1 Å². The molecular weight excluding hydrogens is 316 g/mol. The topological polar surface area (TPSA) is 61.8 Å². The summed E-state index contributed by atoms with van der Waals surface area (Å²) >= 11 is 0. The fourth-order valence-corrected chi connectivity index (χ4v) is 4.87. The Labute approximate surface area is 149 Å². The van der Waals surface area contributed by atoms with Crippen LogP contribution in [0.3, 0.4) is 0 Å². The van der Waals surface area contributed by atoms with Crippen LogP contribution in [0.25, 0.3) is 0 Å². The van der Waals surface area contributed by atoms with Gasteiger partial charge in [-0.25, -0.2) is 0 Å². The molecule has 3 atom stereocenters. The van der Waals surface area contributed by atoms with E-state index in [0.717, 1.165) is 37.8 Å². The van der Waals surface area contributed by atoms with Gasteiger partial charge in [-0.1, -0.05) is 24.3 Å². The Balaban J connectivity index is 1.44. The molecule has 5 nitrogen and oxygen atoms in total. The number of ether oxygens (including phenoxy) is 1. The molecule has 1 aromatic rings. The maximum atomic E-state index is 13.1. The second kappa shape index (κ2) is 6.71. The molecule has 2 N–H and O–H groups in total. The van der Waals surface area contributed by atoms with E-state index in [2.05, 4.69) is 17.4 Å². The number of rotatable bonds is 3. The van der Waals surface area contributed by atoms with Crippen molar-refractivity contribution in [1.29, 1.82) is 0 Å². The quantitative estimate of drug-likeness (QED) is 0.875. The van der Waals surface area contributed by atoms with Crippen LogP contribution in [0.1, 0.15) is 43.4 Å². The van der Waals surface area contributed by atoms with Crippen LogP contribution in [-0.2, 0) is 16.0 Å². The molecule has 1 aliphatic carbocycles. The van der Waals surface area contributed by atoms with Crippen LogP contribution in [0.15, 0.2) is 24.3 Å². The number of nitrogens with zero attached hydrogens (tertiary/aromatic N) is 1. The van der Waals surface area contributed by atoms with Crippen molar-refractivity contribution in [3.05, 3.63) is 35.4 Å². The van der Waals surface area contributed by atoms with Gasteiger partial charge in [-0.2, -0.15) is 0 Å². The summed E-state index contributed by atoms with van der Waals surface area (Å²) in [5, 5.41) is 13.7. The van der Waals surface area contributed by atoms with E-state index in [1.54, 1.807) is 0 Å². The van der Waals surface area contributed by atoms with Crippen LogP contribution >= 0.6 is 0 Å². The first-order valence-corrected chi connectivity index (χ1v) is 9.55. The van der Waals surface area contributed by atoms with E-state index in [-0.39, 0.29) is 29.6 Å². The first-order valence-electron chi connectivity index (χ1n) is 9.55. The highest BCUT2D eigenvalue weighted by Crippen LogP contribution is 2.51. The molecule has 1 saturated heterocycles. The van der Waals surface area contributed by atoms with Crippen LogP contribution in [0.4, 0.5) is 0 Å². The van der Waals surface area contributed by atoms with Gasteiger partial charge in [0.15, 0.2) is 0 Å². The monoisotopic (exact) mass is 344 g/mol. The molecule has 2 aliphatic heterocycles. The number of hydrogen-bond donors (Lipinski definition) is 2. The van der Waals surface area contributed by atoms with Gasteiger partial charge >= 0.3 is 0 Å². The van der Waals surface area contributed by atoms with Gasteiger partial charge in [0.25, 0.3) is 0 Å². The maximum Gasteiger partial charge on any atom is 0.244 e. The van der Waals surface area contributed by atoms with E-state index in [0.29, 0.717) is 19.7 Å². The highest BCUT2D eigenvalue weighted by Gasteiger charge is 2.56. The Morgan fingerprint density at radius 2 is 2.12 bits per heavy atom. The number of benzene rings is 1. The smallest absolute Gasteiger partial charge is 0.244 e. The van der Waals surface area contributed by atoms with Crippen LogP contribution in [0.2, 0.25) is 0 Å². The first-order chi connectivity index (χ1) is 12.2. The van der Waals surface area contributed by atoms with Gasteiger partial charge in [-0.05, 0) is 37.3 Å². The predicted molar refractivity (Wildman–Crippen MR) is 95.2 cm³/mol. The molecule has 1 saturated carbocycles. The summed E-state index contributed by atoms with van der Waals surface area (Å²) < 4.78 is 5.82. The molecule has 0 bridgehead atoms. The van der Waals surface area contributed by atoms with E-state index in [1.165, 1.54) is 5.56 Å². The Hall–Kier alpha value is -1.43. The average molecular weight is 344 g/mol. The molecule has 5 heteroatoms. The number of hydrogen-bond acceptors (Lipinski definition) is 4. The molecule has 2 heterocycles. The second-order valence-corrected chi connectivity index (χ2v) is 7.59. The summed E-state index contributed by atoms with van der Waals surface area (Å²) in [6.07, 6.45) is 3.25. The lowest BCUT2D eigenvalue weighted by molar-refractivity contribution is -0.210. The summed E-state index contributed by atoms with van der Waals surface area (Å²) in [4.78, 5) is 15.1. The minimum absolute atomic E-state index is 0.134. The number of carbonyl (C=O) groups is 1. The standard InChI is InChI=1S/C20H28N2O3/c1-2-25-17-13-16(23)20(17)8-11-22(12-9-20)19(24)18-15-6-4-3-5-14(15)7-10-21-18/h3-6,16-18,21,23H,2,7-13H2,1H3. The van der Waals surface area contributed by atoms with Crippen molar-refractivity contribution < 1.29 is 14.6 Å². The van der Waals surface area contributed by atoms with E-state index in [9.17, 15) is 9.90 Å². The van der Waals surface area contributed by atoms with Crippen molar-refractivity contribution in [2.45, 2.75) is 50.9 Å². The number of fused-ring (bicyclic) bond motifs is 1. The third-order valence-electron chi connectivity index (χ3n) is 6.47. The second-order valence-electron chi connectivity index (χ2n) is 7.59. The minimum atomic E-state index is -0.283. The molecule has 1 aromatic carbocycles. The van der Waals surface area contributed by atoms with Crippen LogP contribution in [-0.4, -0.2) is 54.4 Å². The van der Waals surface area contributed by atoms with E-state index in [1.807, 2.05) is 24.0 Å². The van der Waals surface area contributed by atoms with Gasteiger partial charge in [0.2, 0.25) is 5.91 Å². The molecule has 1 spiro atoms. The van der Waals surface area contributed by atoms with Gasteiger partial charge in [-0.3, -0.25) is 4.79 Å². The number of aliphatic hydroxyl groups is 1. The maximum absolute atomic E-state index is 13.1. The van der Waals surface area contributed by atoms with E-state index in [4.69, 9.17) is 4.74 Å². The molecule has 3 aliphatic rings. The summed E-state index contributed by atoms with van der Waals surface area (Å²) in [5.74, 6) is 0.170. The Bertz CT molecular complexity index is 638. The molecule has 4 rings (SSSR count). The largest absolute Gasteiger partial charge is 0.392 e. The fourth-order valence-electron chi connectivity index (χ4n) is 4.87. The highest BCUT2D eigenvalue weighted by molar-refractivity contribution is 5.84. The SMILES string of the molecule is CCOC1CC(O)C12CCN(C(=O)C1NCCc3ccccc31)CC2. The molecule has 2 fully saturated rings. The van der Waals surface area contributed by atoms with Crippen molar-refractivity contribution in [2.24, 2.45) is 5.41 Å². The van der Waals surface area contributed by atoms with Crippen LogP contribution < -0.4 is 5.32 Å². The van der Waals surface area contributed by atoms with Crippen molar-refractivity contribution in [1.82, 2.24) is 10.2 Å². The molecule has 25 heavy (non-hydrogen) atoms. The number of nitrogens with one attached hydrogen (secondary N) is 1. The molecule has 136 valence electrons. The first kappa shape index (κ1) is 17.0. The lowest BCUT2D eigenvalue weighted by Crippen LogP contribution is -2.63. The summed E-state index contributed by atoms with van der Waals surface area (Å²) in [7, 11) is 0. The normalized spacial score (nSPS) is 30.6. The summed E-state index contributed by atoms with van der Waals surface area (Å²) in [6.45, 7) is 4.95. The predicted octanol–water partition coefficient (Wildman–Crippen LogP) is 1.65. The third kappa shape index (κ3) is 2.78. The fraction of sp³-hybridized carbons (Fsp3) is 0.650. The molecule has 0 aromatic heterocycles. The van der Waals surface area contributed by atoms with Gasteiger partial charge in [0.1, 0.15) is 6.04 Å². The van der Waals surface area contributed by atoms with Gasteiger partial charge in [0.05, 0.1) is 12.2 Å². The number of aliphatic hydroxyl groups excluding tert-OH is 1. The van der Waals surface area contributed by atoms with Crippen LogP contribution in [0, 0.1) is 5.41 Å². The lowest BCUT2D eigenvalue weighted by Gasteiger charge is -2.56. The lowest BCUT2D eigenvalue weighted by atomic mass is 9.58. The number of piperidine rings is 1. The highest BCUT2D eigenvalue weighted by atomic mass is 16.5. The van der Waals surface area contributed by atoms with Crippen molar-refractivity contribution in [3.8, 4) is 0 Å². The zero-order chi connectivity index (χ0) is 17.4. The van der Waals surface area contributed by atoms with E-state index < -0.39 is 0 Å². The molecule has 0 radical (unpaired) electrons. The summed E-state index contributed by atoms with van der Waals surface area (Å²) in [5.41, 5.74) is 2.26. The van der Waals surface area contributed by atoms with Crippen molar-refractivity contribution in [2.75, 3.05) is 26.2 Å². The van der Waals surface area contributed by atoms with Crippen molar-refractivity contribution >= 4 is 5.91 Å². The third-order valence-corrected chi connectivity index (χ3v) is 6.47. The number of amides is 1. The Kier molecular flexibility index (Phi) is 4.56. The van der Waals surface area contributed by atoms with Crippen molar-refractivity contribution in [3.63, 3.8) is 0 Å². The zero-order valence-corrected chi connectivity index (χ0v) is 14.9. The molecule has 3 unspecified atom stereocenters.